The molecule has 0 aliphatic carbocycles. The number of sulfonamides is 1. The molecule has 1 spiro atoms. The predicted molar refractivity (Wildman–Crippen MR) is 116 cm³/mol. The summed E-state index contributed by atoms with van der Waals surface area (Å²) in [6, 6.07) is 12.2. The lowest BCUT2D eigenvalue weighted by Crippen LogP contribution is -2.52. The summed E-state index contributed by atoms with van der Waals surface area (Å²) in [4.78, 5) is 17.4. The van der Waals surface area contributed by atoms with Crippen molar-refractivity contribution in [3.05, 3.63) is 53.6 Å². The zero-order valence-electron chi connectivity index (χ0n) is 17.7. The fraction of sp³-hybridized carbons (Fsp3) is 0.364. The Hall–Kier alpha value is -2.91. The Morgan fingerprint density at radius 1 is 1.03 bits per heavy atom. The van der Waals surface area contributed by atoms with Crippen LogP contribution in [0.4, 0.5) is 0 Å². The predicted octanol–water partition coefficient (Wildman–Crippen LogP) is 2.11. The van der Waals surface area contributed by atoms with Crippen molar-refractivity contribution < 1.29 is 22.7 Å². The van der Waals surface area contributed by atoms with Gasteiger partial charge in [-0.3, -0.25) is 9.79 Å². The second kappa shape index (κ2) is 7.97. The second-order valence-electron chi connectivity index (χ2n) is 7.74. The third-order valence-electron chi connectivity index (χ3n) is 5.72. The van der Waals surface area contributed by atoms with Gasteiger partial charge in [-0.1, -0.05) is 23.8 Å². The highest BCUT2D eigenvalue weighted by molar-refractivity contribution is 7.89. The molecule has 0 atom stereocenters. The molecule has 0 saturated carbocycles. The lowest BCUT2D eigenvalue weighted by atomic mass is 10.00. The quantitative estimate of drug-likeness (QED) is 0.763. The minimum atomic E-state index is -3.71. The number of nitrogens with zero attached hydrogens (tertiary/aromatic N) is 2. The molecule has 164 valence electrons. The van der Waals surface area contributed by atoms with Gasteiger partial charge in [-0.2, -0.15) is 4.31 Å². The van der Waals surface area contributed by atoms with Crippen molar-refractivity contribution in [2.75, 3.05) is 27.3 Å². The van der Waals surface area contributed by atoms with Gasteiger partial charge in [0.15, 0.2) is 11.5 Å². The van der Waals surface area contributed by atoms with E-state index in [4.69, 9.17) is 14.5 Å². The molecular weight excluding hydrogens is 418 g/mol. The number of benzene rings is 2. The molecule has 2 aromatic carbocycles. The summed E-state index contributed by atoms with van der Waals surface area (Å²) in [5.41, 5.74) is 1.46. The Bertz CT molecular complexity index is 1150. The van der Waals surface area contributed by atoms with Gasteiger partial charge >= 0.3 is 0 Å². The number of piperidine rings is 1. The number of carbonyl (C=O) groups excluding carboxylic acids is 1. The minimum absolute atomic E-state index is 0.139. The van der Waals surface area contributed by atoms with Crippen molar-refractivity contribution in [2.45, 2.75) is 30.3 Å². The second-order valence-corrected chi connectivity index (χ2v) is 9.67. The molecular formula is C22H25N3O5S. The number of aliphatic imine (C=N–C) groups is 1. The van der Waals surface area contributed by atoms with Gasteiger partial charge in [-0.05, 0) is 25.1 Å². The summed E-state index contributed by atoms with van der Waals surface area (Å²) in [7, 11) is -0.753. The van der Waals surface area contributed by atoms with Gasteiger partial charge in [0.05, 0.1) is 19.1 Å². The van der Waals surface area contributed by atoms with E-state index in [9.17, 15) is 13.2 Å². The van der Waals surface area contributed by atoms with Crippen LogP contribution in [-0.4, -0.2) is 57.3 Å². The van der Waals surface area contributed by atoms with Crippen LogP contribution in [0.2, 0.25) is 0 Å². The number of methoxy groups -OCH3 is 2. The van der Waals surface area contributed by atoms with E-state index in [1.165, 1.54) is 30.7 Å². The number of hydrogen-bond acceptors (Lipinski definition) is 6. The molecule has 0 radical (unpaired) electrons. The molecule has 1 saturated heterocycles. The van der Waals surface area contributed by atoms with Crippen LogP contribution in [-0.2, 0) is 14.8 Å². The van der Waals surface area contributed by atoms with Crippen LogP contribution in [0, 0.1) is 6.92 Å². The van der Waals surface area contributed by atoms with E-state index in [1.54, 1.807) is 6.07 Å². The van der Waals surface area contributed by atoms with Gasteiger partial charge in [0.25, 0.3) is 5.91 Å². The van der Waals surface area contributed by atoms with E-state index in [-0.39, 0.29) is 23.9 Å². The van der Waals surface area contributed by atoms with Crippen LogP contribution >= 0.6 is 0 Å². The standard InChI is InChI=1S/C22H25N3O5S/c1-15-5-4-6-16(13-15)20-21(26)24-22(23-20)9-11-25(12-10-22)31(27,28)17-7-8-18(29-2)19(14-17)30-3/h4-8,13-14H,9-12H2,1-3H3,(H,24,26). The first-order chi connectivity index (χ1) is 14.8. The van der Waals surface area contributed by atoms with Crippen molar-refractivity contribution >= 4 is 21.6 Å². The third kappa shape index (κ3) is 3.90. The molecule has 1 amide bonds. The Morgan fingerprint density at radius 2 is 1.74 bits per heavy atom. The van der Waals surface area contributed by atoms with Crippen molar-refractivity contribution in [2.24, 2.45) is 4.99 Å². The van der Waals surface area contributed by atoms with E-state index in [0.717, 1.165) is 11.1 Å². The molecule has 2 aliphatic rings. The van der Waals surface area contributed by atoms with E-state index in [0.29, 0.717) is 30.1 Å². The summed E-state index contributed by atoms with van der Waals surface area (Å²) in [5.74, 6) is 0.597. The Morgan fingerprint density at radius 3 is 2.39 bits per heavy atom. The number of carbonyl (C=O) groups is 1. The topological polar surface area (TPSA) is 97.3 Å². The molecule has 4 rings (SSSR count). The van der Waals surface area contributed by atoms with Gasteiger partial charge in [0.2, 0.25) is 10.0 Å². The fourth-order valence-electron chi connectivity index (χ4n) is 4.01. The van der Waals surface area contributed by atoms with Crippen LogP contribution in [0.1, 0.15) is 24.0 Å². The zero-order chi connectivity index (χ0) is 22.2. The molecule has 9 heteroatoms. The first kappa shape index (κ1) is 21.3. The largest absolute Gasteiger partial charge is 0.493 e. The lowest BCUT2D eigenvalue weighted by Gasteiger charge is -2.36. The molecule has 1 N–H and O–H groups in total. The molecule has 31 heavy (non-hydrogen) atoms. The van der Waals surface area contributed by atoms with Crippen molar-refractivity contribution in [3.8, 4) is 11.5 Å². The number of hydrogen-bond donors (Lipinski definition) is 1. The van der Waals surface area contributed by atoms with Crippen LogP contribution in [0.25, 0.3) is 0 Å². The van der Waals surface area contributed by atoms with Gasteiger partial charge in [0.1, 0.15) is 11.4 Å². The van der Waals surface area contributed by atoms with Crippen LogP contribution in [0.5, 0.6) is 11.5 Å². The molecule has 2 aliphatic heterocycles. The summed E-state index contributed by atoms with van der Waals surface area (Å²) in [6.07, 6.45) is 0.807. The number of rotatable bonds is 5. The maximum Gasteiger partial charge on any atom is 0.272 e. The maximum atomic E-state index is 13.2. The highest BCUT2D eigenvalue weighted by Gasteiger charge is 2.44. The van der Waals surface area contributed by atoms with E-state index in [1.807, 2.05) is 31.2 Å². The average molecular weight is 444 g/mol. The smallest absolute Gasteiger partial charge is 0.272 e. The van der Waals surface area contributed by atoms with E-state index >= 15 is 0 Å². The molecule has 2 aromatic rings. The molecule has 8 nitrogen and oxygen atoms in total. The molecule has 0 bridgehead atoms. The van der Waals surface area contributed by atoms with Gasteiger partial charge in [-0.25, -0.2) is 8.42 Å². The first-order valence-corrected chi connectivity index (χ1v) is 11.4. The van der Waals surface area contributed by atoms with Crippen LogP contribution < -0.4 is 14.8 Å². The monoisotopic (exact) mass is 443 g/mol. The van der Waals surface area contributed by atoms with Gasteiger partial charge < -0.3 is 14.8 Å². The number of amides is 1. The summed E-state index contributed by atoms with van der Waals surface area (Å²) >= 11 is 0. The molecule has 2 heterocycles. The Labute approximate surface area is 181 Å². The SMILES string of the molecule is COc1ccc(S(=O)(=O)N2CCC3(CC2)N=C(c2cccc(C)c2)C(=O)N3)cc1OC. The first-order valence-electron chi connectivity index (χ1n) is 10.00. The maximum absolute atomic E-state index is 13.2. The average Bonchev–Trinajstić information content (AvgIpc) is 3.09. The van der Waals surface area contributed by atoms with Crippen LogP contribution in [0.3, 0.4) is 0 Å². The van der Waals surface area contributed by atoms with Crippen molar-refractivity contribution in [1.29, 1.82) is 0 Å². The molecule has 1 fully saturated rings. The Balaban J connectivity index is 1.54. The van der Waals surface area contributed by atoms with Gasteiger partial charge in [-0.15, -0.1) is 0 Å². The highest BCUT2D eigenvalue weighted by atomic mass is 32.2. The van der Waals surface area contributed by atoms with Crippen molar-refractivity contribution in [1.82, 2.24) is 9.62 Å². The summed E-state index contributed by atoms with van der Waals surface area (Å²) in [6.45, 7) is 2.47. The summed E-state index contributed by atoms with van der Waals surface area (Å²) in [5, 5.41) is 2.98. The minimum Gasteiger partial charge on any atom is -0.493 e. The third-order valence-corrected chi connectivity index (χ3v) is 7.62. The molecule has 0 aromatic heterocycles. The summed E-state index contributed by atoms with van der Waals surface area (Å²) < 4.78 is 38.2. The molecule has 0 unspecified atom stereocenters. The zero-order valence-corrected chi connectivity index (χ0v) is 18.5. The van der Waals surface area contributed by atoms with E-state index in [2.05, 4.69) is 5.32 Å². The number of aryl methyl sites for hydroxylation is 1. The highest BCUT2D eigenvalue weighted by Crippen LogP contribution is 2.34. The Kier molecular flexibility index (Phi) is 5.49. The van der Waals surface area contributed by atoms with Gasteiger partial charge in [0, 0.05) is 37.6 Å². The lowest BCUT2D eigenvalue weighted by molar-refractivity contribution is -0.115. The van der Waals surface area contributed by atoms with E-state index < -0.39 is 15.7 Å². The fourth-order valence-corrected chi connectivity index (χ4v) is 5.47. The number of ether oxygens (including phenoxy) is 2. The van der Waals surface area contributed by atoms with Crippen molar-refractivity contribution in [3.63, 3.8) is 0 Å². The number of nitrogens with one attached hydrogen (secondary N) is 1. The van der Waals surface area contributed by atoms with Crippen LogP contribution in [0.15, 0.2) is 52.4 Å². The normalized spacial score (nSPS) is 18.5.